The fraction of sp³-hybridized carbons (Fsp3) is 0.562. The maximum atomic E-state index is 11.6. The third-order valence-corrected chi connectivity index (χ3v) is 5.31. The Morgan fingerprint density at radius 2 is 1.88 bits per heavy atom. The van der Waals surface area contributed by atoms with Crippen LogP contribution in [0.1, 0.15) is 23.2 Å². The number of carboxylic acids is 1. The third-order valence-electron chi connectivity index (χ3n) is 4.01. The molecule has 0 amide bonds. The van der Waals surface area contributed by atoms with Gasteiger partial charge in [0.05, 0.1) is 18.4 Å². The van der Waals surface area contributed by atoms with Gasteiger partial charge in [0, 0.05) is 26.2 Å². The summed E-state index contributed by atoms with van der Waals surface area (Å²) < 4.78 is 30.3. The van der Waals surface area contributed by atoms with Gasteiger partial charge in [-0.25, -0.2) is 17.5 Å². The van der Waals surface area contributed by atoms with E-state index in [-0.39, 0.29) is 5.56 Å². The quantitative estimate of drug-likeness (QED) is 0.737. The number of hydrogen-bond donors (Lipinski definition) is 1. The van der Waals surface area contributed by atoms with Crippen LogP contribution in [-0.4, -0.2) is 74.3 Å². The highest BCUT2D eigenvalue weighted by Gasteiger charge is 2.20. The minimum Gasteiger partial charge on any atom is -0.494 e. The fourth-order valence-corrected chi connectivity index (χ4v) is 3.55. The number of ether oxygens (including phenoxy) is 1. The first-order chi connectivity index (χ1) is 11.4. The van der Waals surface area contributed by atoms with Gasteiger partial charge in [-0.15, -0.1) is 0 Å². The molecule has 1 fully saturated rings. The van der Waals surface area contributed by atoms with Crippen LogP contribution in [-0.2, 0) is 10.0 Å². The van der Waals surface area contributed by atoms with Crippen LogP contribution in [0.2, 0.25) is 0 Å². The minimum absolute atomic E-state index is 0.238. The molecule has 0 spiro atoms. The minimum atomic E-state index is -3.10. The Hall–Kier alpha value is -1.64. The zero-order chi connectivity index (χ0) is 17.6. The lowest BCUT2D eigenvalue weighted by Gasteiger charge is -2.20. The van der Waals surface area contributed by atoms with Crippen LogP contribution in [0.3, 0.4) is 0 Å². The van der Waals surface area contributed by atoms with Crippen molar-refractivity contribution in [2.24, 2.45) is 0 Å². The smallest absolute Gasteiger partial charge is 0.335 e. The van der Waals surface area contributed by atoms with E-state index in [0.717, 1.165) is 32.5 Å². The van der Waals surface area contributed by atoms with Crippen molar-refractivity contribution >= 4 is 16.0 Å². The van der Waals surface area contributed by atoms with Crippen molar-refractivity contribution in [2.75, 3.05) is 45.6 Å². The molecule has 0 unspecified atom stereocenters. The lowest BCUT2D eigenvalue weighted by atomic mass is 10.2. The van der Waals surface area contributed by atoms with Gasteiger partial charge in [0.2, 0.25) is 10.0 Å². The molecule has 1 saturated heterocycles. The summed E-state index contributed by atoms with van der Waals surface area (Å²) in [6.07, 6.45) is 2.93. The summed E-state index contributed by atoms with van der Waals surface area (Å²) in [4.78, 5) is 13.0. The molecule has 0 aliphatic carbocycles. The van der Waals surface area contributed by atoms with Crippen molar-refractivity contribution < 1.29 is 23.1 Å². The summed E-state index contributed by atoms with van der Waals surface area (Å²) in [7, 11) is -3.10. The second-order valence-electron chi connectivity index (χ2n) is 5.89. The predicted octanol–water partition coefficient (Wildman–Crippen LogP) is 1.12. The van der Waals surface area contributed by atoms with Crippen LogP contribution in [0.4, 0.5) is 0 Å². The maximum absolute atomic E-state index is 11.6. The number of benzene rings is 1. The second-order valence-corrected chi connectivity index (χ2v) is 7.87. The van der Waals surface area contributed by atoms with Crippen LogP contribution < -0.4 is 4.74 Å². The lowest BCUT2D eigenvalue weighted by molar-refractivity contribution is 0.0697. The van der Waals surface area contributed by atoms with E-state index in [9.17, 15) is 13.2 Å². The predicted molar refractivity (Wildman–Crippen MR) is 91.0 cm³/mol. The summed E-state index contributed by atoms with van der Waals surface area (Å²) in [5, 5.41) is 8.84. The molecule has 2 rings (SSSR count). The molecule has 0 radical (unpaired) electrons. The van der Waals surface area contributed by atoms with E-state index in [1.54, 1.807) is 12.1 Å². The van der Waals surface area contributed by atoms with Crippen molar-refractivity contribution in [1.29, 1.82) is 0 Å². The van der Waals surface area contributed by atoms with Crippen molar-refractivity contribution in [2.45, 2.75) is 12.8 Å². The zero-order valence-electron chi connectivity index (χ0n) is 13.8. The summed E-state index contributed by atoms with van der Waals surface area (Å²) in [5.41, 5.74) is 0.238. The molecular weight excluding hydrogens is 332 g/mol. The Labute approximate surface area is 142 Å². The first-order valence-electron chi connectivity index (χ1n) is 8.00. The highest BCUT2D eigenvalue weighted by Crippen LogP contribution is 2.13. The molecule has 0 saturated carbocycles. The molecule has 24 heavy (non-hydrogen) atoms. The van der Waals surface area contributed by atoms with Crippen molar-refractivity contribution in [3.8, 4) is 5.75 Å². The Kier molecular flexibility index (Phi) is 6.59. The molecule has 8 heteroatoms. The monoisotopic (exact) mass is 356 g/mol. The van der Waals surface area contributed by atoms with E-state index >= 15 is 0 Å². The molecule has 1 heterocycles. The van der Waals surface area contributed by atoms with E-state index in [0.29, 0.717) is 25.4 Å². The molecule has 7 nitrogen and oxygen atoms in total. The molecule has 0 atom stereocenters. The van der Waals surface area contributed by atoms with E-state index in [2.05, 4.69) is 4.90 Å². The largest absolute Gasteiger partial charge is 0.494 e. The fourth-order valence-electron chi connectivity index (χ4n) is 2.67. The summed E-state index contributed by atoms with van der Waals surface area (Å²) in [6, 6.07) is 6.34. The highest BCUT2D eigenvalue weighted by molar-refractivity contribution is 7.88. The average molecular weight is 356 g/mol. The Morgan fingerprint density at radius 3 is 2.50 bits per heavy atom. The van der Waals surface area contributed by atoms with Crippen LogP contribution in [0, 0.1) is 0 Å². The van der Waals surface area contributed by atoms with Crippen molar-refractivity contribution in [1.82, 2.24) is 9.21 Å². The van der Waals surface area contributed by atoms with Gasteiger partial charge in [-0.3, -0.25) is 0 Å². The lowest BCUT2D eigenvalue weighted by Crippen LogP contribution is -2.34. The van der Waals surface area contributed by atoms with Crippen molar-refractivity contribution in [3.63, 3.8) is 0 Å². The topological polar surface area (TPSA) is 87.2 Å². The Balaban J connectivity index is 1.70. The summed E-state index contributed by atoms with van der Waals surface area (Å²) in [5.74, 6) is -0.301. The van der Waals surface area contributed by atoms with Crippen LogP contribution in [0.15, 0.2) is 24.3 Å². The molecule has 1 aromatic carbocycles. The van der Waals surface area contributed by atoms with Gasteiger partial charge in [-0.05, 0) is 43.7 Å². The molecule has 1 aromatic rings. The molecule has 134 valence electrons. The Bertz CT molecular complexity index is 645. The van der Waals surface area contributed by atoms with Crippen LogP contribution >= 0.6 is 0 Å². The van der Waals surface area contributed by atoms with Crippen LogP contribution in [0.25, 0.3) is 0 Å². The molecular formula is C16H24N2O5S. The molecule has 1 N–H and O–H groups in total. The molecule has 0 aromatic heterocycles. The average Bonchev–Trinajstić information content (AvgIpc) is 2.77. The number of hydrogen-bond acceptors (Lipinski definition) is 5. The van der Waals surface area contributed by atoms with E-state index in [1.165, 1.54) is 22.7 Å². The summed E-state index contributed by atoms with van der Waals surface area (Å²) >= 11 is 0. The van der Waals surface area contributed by atoms with E-state index in [4.69, 9.17) is 9.84 Å². The zero-order valence-corrected chi connectivity index (χ0v) is 14.7. The van der Waals surface area contributed by atoms with Crippen LogP contribution in [0.5, 0.6) is 5.75 Å². The van der Waals surface area contributed by atoms with Gasteiger partial charge in [0.15, 0.2) is 0 Å². The van der Waals surface area contributed by atoms with Gasteiger partial charge in [-0.1, -0.05) is 0 Å². The standard InChI is InChI=1S/C16H24N2O5S/c1-24(21,22)18-10-2-8-17(11-12-18)9-3-13-23-15-6-4-14(5-7-15)16(19)20/h4-7H,2-3,8-13H2,1H3,(H,19,20). The van der Waals surface area contributed by atoms with E-state index < -0.39 is 16.0 Å². The van der Waals surface area contributed by atoms with Crippen molar-refractivity contribution in [3.05, 3.63) is 29.8 Å². The number of nitrogens with zero attached hydrogens (tertiary/aromatic N) is 2. The third kappa shape index (κ3) is 5.77. The first-order valence-corrected chi connectivity index (χ1v) is 9.85. The number of rotatable bonds is 7. The highest BCUT2D eigenvalue weighted by atomic mass is 32.2. The van der Waals surface area contributed by atoms with E-state index in [1.807, 2.05) is 0 Å². The second kappa shape index (κ2) is 8.46. The molecule has 1 aliphatic heterocycles. The molecule has 0 bridgehead atoms. The molecule has 1 aliphatic rings. The van der Waals surface area contributed by atoms with Gasteiger partial charge < -0.3 is 14.7 Å². The number of aromatic carboxylic acids is 1. The number of carboxylic acid groups (broad SMARTS) is 1. The van der Waals surface area contributed by atoms with Gasteiger partial charge in [0.1, 0.15) is 5.75 Å². The number of carbonyl (C=O) groups is 1. The first kappa shape index (κ1) is 18.7. The summed E-state index contributed by atoms with van der Waals surface area (Å²) in [6.45, 7) is 4.14. The SMILES string of the molecule is CS(=O)(=O)N1CCCN(CCCOc2ccc(C(=O)O)cc2)CC1. The normalized spacial score (nSPS) is 17.4. The van der Waals surface area contributed by atoms with Gasteiger partial charge >= 0.3 is 5.97 Å². The maximum Gasteiger partial charge on any atom is 0.335 e. The number of sulfonamides is 1. The van der Waals surface area contributed by atoms with Gasteiger partial charge in [-0.2, -0.15) is 0 Å². The van der Waals surface area contributed by atoms with Gasteiger partial charge in [0.25, 0.3) is 0 Å². The Morgan fingerprint density at radius 1 is 1.17 bits per heavy atom.